The highest BCUT2D eigenvalue weighted by Gasteiger charge is 2.67. The van der Waals surface area contributed by atoms with E-state index >= 15 is 0 Å². The monoisotopic (exact) mass is 462 g/mol. The molecule has 1 aromatic carbocycles. The molecule has 122 valence electrons. The zero-order valence-electron chi connectivity index (χ0n) is 9.60. The highest BCUT2D eigenvalue weighted by Crippen LogP contribution is 2.63. The summed E-state index contributed by atoms with van der Waals surface area (Å²) in [6.45, 7) is 0. The van der Waals surface area contributed by atoms with E-state index in [0.29, 0.717) is 0 Å². The van der Waals surface area contributed by atoms with Gasteiger partial charge in [0.2, 0.25) is 0 Å². The molecule has 22 heavy (non-hydrogen) atoms. The molecule has 0 amide bonds. The summed E-state index contributed by atoms with van der Waals surface area (Å²) in [5, 5.41) is 0. The van der Waals surface area contributed by atoms with Crippen molar-refractivity contribution in [3.63, 3.8) is 0 Å². The average Bonchev–Trinajstić information content (AvgIpc) is 2.57. The van der Waals surface area contributed by atoms with Gasteiger partial charge in [0.05, 0.1) is 22.3 Å². The Labute approximate surface area is 132 Å². The number of alkyl halides is 8. The van der Waals surface area contributed by atoms with Crippen LogP contribution in [-0.4, -0.2) is 0 Å². The van der Waals surface area contributed by atoms with Crippen molar-refractivity contribution in [2.24, 2.45) is 0 Å². The summed E-state index contributed by atoms with van der Waals surface area (Å²) < 4.78 is 112. The maximum atomic E-state index is 13.6. The van der Waals surface area contributed by atoms with Gasteiger partial charge in [-0.25, -0.2) is 9.47 Å². The zero-order chi connectivity index (χ0) is 16.9. The van der Waals surface area contributed by atoms with Crippen LogP contribution in [0.2, 0.25) is 0 Å². The van der Waals surface area contributed by atoms with Gasteiger partial charge in [-0.2, -0.15) is 35.1 Å². The lowest BCUT2D eigenvalue weighted by molar-refractivity contribution is -0.372. The van der Waals surface area contributed by atoms with Gasteiger partial charge in [0.15, 0.2) is 0 Å². The van der Waals surface area contributed by atoms with Crippen molar-refractivity contribution < 1.29 is 44.6 Å². The van der Waals surface area contributed by atoms with Crippen LogP contribution in [0.5, 0.6) is 0 Å². The normalized spacial score (nSPS) is 25.9. The Balaban J connectivity index is 2.50. The Hall–Kier alpha value is -0.460. The second kappa shape index (κ2) is 4.14. The Bertz CT molecular complexity index is 591. The smallest absolute Gasteiger partial charge is 0.247 e. The minimum absolute atomic E-state index is 1.33. The molecular formula is C10Br2F8O2. The third kappa shape index (κ3) is 1.89. The predicted molar refractivity (Wildman–Crippen MR) is 59.6 cm³/mol. The highest BCUT2D eigenvalue weighted by atomic mass is 79.9. The average molecular weight is 464 g/mol. The highest BCUT2D eigenvalue weighted by molar-refractivity contribution is 9.11. The molecule has 0 aliphatic carbocycles. The third-order valence-electron chi connectivity index (χ3n) is 3.05. The fraction of sp³-hybridized carbons (Fsp3) is 0.400. The van der Waals surface area contributed by atoms with Crippen molar-refractivity contribution in [1.29, 1.82) is 0 Å². The quantitative estimate of drug-likeness (QED) is 0.475. The Morgan fingerprint density at radius 3 is 0.864 bits per heavy atom. The van der Waals surface area contributed by atoms with E-state index in [1.165, 1.54) is 0 Å². The number of hydrogen-bond acceptors (Lipinski definition) is 2. The Morgan fingerprint density at radius 1 is 0.500 bits per heavy atom. The predicted octanol–water partition coefficient (Wildman–Crippen LogP) is 5.47. The fourth-order valence-corrected chi connectivity index (χ4v) is 4.02. The molecular weight excluding hydrogens is 464 g/mol. The molecule has 2 heterocycles. The SMILES string of the molecule is FC1(F)OC(F)(F)c2c(Br)c3c(c(Br)c21)C(F)(F)OC3(F)F. The van der Waals surface area contributed by atoms with Gasteiger partial charge in [0.1, 0.15) is 0 Å². The molecule has 12 heteroatoms. The van der Waals surface area contributed by atoms with E-state index in [2.05, 4.69) is 41.3 Å². The van der Waals surface area contributed by atoms with E-state index in [1.807, 2.05) is 0 Å². The Kier molecular flexibility index (Phi) is 3.08. The summed E-state index contributed by atoms with van der Waals surface area (Å²) >= 11 is 4.53. The van der Waals surface area contributed by atoms with Crippen molar-refractivity contribution in [3.8, 4) is 0 Å². The van der Waals surface area contributed by atoms with Crippen LogP contribution in [0.1, 0.15) is 22.3 Å². The molecule has 0 saturated heterocycles. The molecule has 2 aliphatic heterocycles. The number of halogens is 10. The van der Waals surface area contributed by atoms with Gasteiger partial charge in [0.25, 0.3) is 0 Å². The first-order chi connectivity index (χ1) is 9.72. The molecule has 0 atom stereocenters. The summed E-state index contributed by atoms with van der Waals surface area (Å²) in [4.78, 5) is 0. The topological polar surface area (TPSA) is 18.5 Å². The Morgan fingerprint density at radius 2 is 0.682 bits per heavy atom. The van der Waals surface area contributed by atoms with Gasteiger partial charge in [-0.3, -0.25) is 0 Å². The summed E-state index contributed by atoms with van der Waals surface area (Å²) in [7, 11) is 0. The summed E-state index contributed by atoms with van der Waals surface area (Å²) in [5.74, 6) is 0. The first-order valence-electron chi connectivity index (χ1n) is 5.21. The summed E-state index contributed by atoms with van der Waals surface area (Å²) in [6.07, 6.45) is -18.7. The maximum Gasteiger partial charge on any atom is 0.389 e. The molecule has 2 aliphatic rings. The van der Waals surface area contributed by atoms with Gasteiger partial charge in [0, 0.05) is 8.95 Å². The summed E-state index contributed by atoms with van der Waals surface area (Å²) in [6, 6.07) is 0. The first-order valence-corrected chi connectivity index (χ1v) is 6.79. The fourth-order valence-electron chi connectivity index (χ4n) is 2.31. The minimum atomic E-state index is -4.66. The van der Waals surface area contributed by atoms with Crippen LogP contribution >= 0.6 is 31.9 Å². The van der Waals surface area contributed by atoms with Crippen LogP contribution in [0.3, 0.4) is 0 Å². The van der Waals surface area contributed by atoms with Crippen LogP contribution in [0.15, 0.2) is 8.95 Å². The van der Waals surface area contributed by atoms with E-state index in [4.69, 9.17) is 0 Å². The summed E-state index contributed by atoms with van der Waals surface area (Å²) in [5.41, 5.74) is -6.65. The van der Waals surface area contributed by atoms with Crippen molar-refractivity contribution in [1.82, 2.24) is 0 Å². The number of fused-ring (bicyclic) bond motifs is 2. The van der Waals surface area contributed by atoms with Crippen LogP contribution in [0.25, 0.3) is 0 Å². The number of hydrogen-bond donors (Lipinski definition) is 0. The zero-order valence-corrected chi connectivity index (χ0v) is 12.8. The van der Waals surface area contributed by atoms with Crippen molar-refractivity contribution in [2.45, 2.75) is 24.4 Å². The van der Waals surface area contributed by atoms with E-state index < -0.39 is 55.6 Å². The van der Waals surface area contributed by atoms with Crippen molar-refractivity contribution in [3.05, 3.63) is 31.2 Å². The van der Waals surface area contributed by atoms with Crippen LogP contribution in [0.4, 0.5) is 35.1 Å². The molecule has 0 fully saturated rings. The molecule has 0 spiro atoms. The largest absolute Gasteiger partial charge is 0.389 e. The number of rotatable bonds is 0. The maximum absolute atomic E-state index is 13.6. The van der Waals surface area contributed by atoms with Crippen LogP contribution in [0, 0.1) is 0 Å². The van der Waals surface area contributed by atoms with Gasteiger partial charge in [-0.15, -0.1) is 0 Å². The van der Waals surface area contributed by atoms with E-state index in [0.717, 1.165) is 0 Å². The molecule has 0 aromatic heterocycles. The van der Waals surface area contributed by atoms with Gasteiger partial charge >= 0.3 is 24.4 Å². The number of ether oxygens (including phenoxy) is 2. The lowest BCUT2D eigenvalue weighted by Gasteiger charge is -2.16. The molecule has 0 bridgehead atoms. The second-order valence-corrected chi connectivity index (χ2v) is 5.99. The molecule has 0 saturated carbocycles. The van der Waals surface area contributed by atoms with Gasteiger partial charge in [-0.1, -0.05) is 0 Å². The minimum Gasteiger partial charge on any atom is -0.247 e. The van der Waals surface area contributed by atoms with Crippen molar-refractivity contribution in [2.75, 3.05) is 0 Å². The van der Waals surface area contributed by atoms with Gasteiger partial charge in [-0.05, 0) is 31.9 Å². The van der Waals surface area contributed by atoms with E-state index in [-0.39, 0.29) is 0 Å². The van der Waals surface area contributed by atoms with Gasteiger partial charge < -0.3 is 0 Å². The standard InChI is InChI=1S/C10Br2F8O2/c11-5-1-2(8(15,16)21-7(1,13)14)6(12)4-3(5)9(17,18)22-10(4,19)20. The molecule has 3 rings (SSSR count). The van der Waals surface area contributed by atoms with E-state index in [9.17, 15) is 35.1 Å². The molecule has 2 nitrogen and oxygen atoms in total. The number of benzene rings is 1. The van der Waals surface area contributed by atoms with Crippen LogP contribution in [-0.2, 0) is 33.9 Å². The van der Waals surface area contributed by atoms with Crippen molar-refractivity contribution >= 4 is 31.9 Å². The van der Waals surface area contributed by atoms with E-state index in [1.54, 1.807) is 0 Å². The molecule has 0 radical (unpaired) electrons. The van der Waals surface area contributed by atoms with Crippen LogP contribution < -0.4 is 0 Å². The lowest BCUT2D eigenvalue weighted by Crippen LogP contribution is -2.20. The first kappa shape index (κ1) is 16.4. The molecule has 0 unspecified atom stereocenters. The third-order valence-corrected chi connectivity index (χ3v) is 4.64. The lowest BCUT2D eigenvalue weighted by atomic mass is 9.98. The molecule has 1 aromatic rings. The second-order valence-electron chi connectivity index (χ2n) is 4.40. The molecule has 0 N–H and O–H groups in total.